The van der Waals surface area contributed by atoms with Gasteiger partial charge in [-0.3, -0.25) is 0 Å². The summed E-state index contributed by atoms with van der Waals surface area (Å²) in [6.07, 6.45) is 2.47. The summed E-state index contributed by atoms with van der Waals surface area (Å²) in [7, 11) is 0. The number of unbranched alkanes of at least 4 members (excludes halogenated alkanes) is 2. The van der Waals surface area contributed by atoms with E-state index >= 15 is 0 Å². The van der Waals surface area contributed by atoms with Crippen molar-refractivity contribution >= 4 is 0 Å². The lowest BCUT2D eigenvalue weighted by atomic mass is 10.0. The van der Waals surface area contributed by atoms with Gasteiger partial charge in [0.25, 0.3) is 0 Å². The maximum absolute atomic E-state index is 14.9. The van der Waals surface area contributed by atoms with Crippen molar-refractivity contribution in [2.75, 3.05) is 13.2 Å². The molecule has 0 saturated carbocycles. The highest BCUT2D eigenvalue weighted by Crippen LogP contribution is 2.37. The van der Waals surface area contributed by atoms with Gasteiger partial charge in [-0.05, 0) is 48.4 Å². The average molecular weight is 621 g/mol. The zero-order valence-corrected chi connectivity index (χ0v) is 23.4. The van der Waals surface area contributed by atoms with Crippen LogP contribution in [-0.2, 0) is 15.6 Å². The number of halogens is 7. The summed E-state index contributed by atoms with van der Waals surface area (Å²) in [5, 5.41) is 0. The van der Waals surface area contributed by atoms with Crippen molar-refractivity contribution in [1.29, 1.82) is 0 Å². The molecule has 0 radical (unpaired) electrons. The molecule has 0 bridgehead atoms. The van der Waals surface area contributed by atoms with Gasteiger partial charge in [0.15, 0.2) is 29.6 Å². The van der Waals surface area contributed by atoms with E-state index in [2.05, 4.69) is 21.6 Å². The Morgan fingerprint density at radius 2 is 1.45 bits per heavy atom. The number of ether oxygens (including phenoxy) is 3. The van der Waals surface area contributed by atoms with Crippen molar-refractivity contribution in [2.24, 2.45) is 5.92 Å². The summed E-state index contributed by atoms with van der Waals surface area (Å²) in [6, 6.07) is 6.27. The Morgan fingerprint density at radius 3 is 2.07 bits per heavy atom. The molecule has 4 aromatic rings. The van der Waals surface area contributed by atoms with E-state index in [9.17, 15) is 30.7 Å². The predicted molar refractivity (Wildman–Crippen MR) is 146 cm³/mol. The Labute approximate surface area is 248 Å². The van der Waals surface area contributed by atoms with Gasteiger partial charge in [0.05, 0.1) is 18.8 Å². The highest BCUT2D eigenvalue weighted by Gasteiger charge is 2.38. The van der Waals surface area contributed by atoms with Crippen LogP contribution in [0.5, 0.6) is 5.75 Å². The lowest BCUT2D eigenvalue weighted by Crippen LogP contribution is -2.27. The Bertz CT molecular complexity index is 1590. The van der Waals surface area contributed by atoms with Crippen LogP contribution in [0.1, 0.15) is 50.0 Å². The second-order valence-corrected chi connectivity index (χ2v) is 10.4. The fourth-order valence-corrected chi connectivity index (χ4v) is 4.79. The highest BCUT2D eigenvalue weighted by atomic mass is 19.3. The lowest BCUT2D eigenvalue weighted by molar-refractivity contribution is -0.206. The number of hydrogen-bond acceptors (Lipinski definition) is 5. The van der Waals surface area contributed by atoms with E-state index in [1.807, 2.05) is 0 Å². The molecule has 3 aromatic carbocycles. The van der Waals surface area contributed by atoms with Gasteiger partial charge in [-0.1, -0.05) is 32.3 Å². The van der Waals surface area contributed by atoms with Crippen LogP contribution < -0.4 is 4.74 Å². The summed E-state index contributed by atoms with van der Waals surface area (Å²) in [5.41, 5.74) is -1.22. The van der Waals surface area contributed by atoms with E-state index < -0.39 is 58.4 Å². The molecule has 0 atom stereocenters. The quantitative estimate of drug-likeness (QED) is 0.101. The lowest BCUT2D eigenvalue weighted by Gasteiger charge is -2.29. The number of alkyl halides is 2. The molecule has 1 aliphatic heterocycles. The topological polar surface area (TPSA) is 53.5 Å². The Hall–Kier alpha value is -4.03. The first-order chi connectivity index (χ1) is 21.1. The standard InChI is InChI=1S/C32H27F7N2O3/c1-2-3-4-5-18-16-42-31(43-17-18)21-14-40-30(41-15-21)19-6-9-24(26(34)10-19)32(38,39)44-22-7-8-23(25(33)13-22)20-11-27(35)29(37)28(36)12-20/h6-15,18,31H,2-5,16-17H2,1H3. The van der Waals surface area contributed by atoms with E-state index in [0.29, 0.717) is 42.9 Å². The van der Waals surface area contributed by atoms with Crippen LogP contribution in [0, 0.1) is 35.0 Å². The van der Waals surface area contributed by atoms with Crippen LogP contribution in [0.3, 0.4) is 0 Å². The molecule has 0 N–H and O–H groups in total. The molecular formula is C32H27F7N2O3. The molecule has 0 amide bonds. The minimum Gasteiger partial charge on any atom is -0.429 e. The van der Waals surface area contributed by atoms with Crippen LogP contribution in [0.25, 0.3) is 22.5 Å². The first-order valence-corrected chi connectivity index (χ1v) is 13.9. The summed E-state index contributed by atoms with van der Waals surface area (Å²) in [5.74, 6) is -7.66. The molecule has 0 aliphatic carbocycles. The van der Waals surface area contributed by atoms with Crippen molar-refractivity contribution in [1.82, 2.24) is 9.97 Å². The molecule has 1 aliphatic rings. The van der Waals surface area contributed by atoms with Crippen molar-refractivity contribution in [2.45, 2.75) is 45.0 Å². The molecule has 2 heterocycles. The minimum absolute atomic E-state index is 0.0722. The summed E-state index contributed by atoms with van der Waals surface area (Å²) >= 11 is 0. The molecular weight excluding hydrogens is 593 g/mol. The fraction of sp³-hybridized carbons (Fsp3) is 0.312. The molecule has 1 fully saturated rings. The highest BCUT2D eigenvalue weighted by molar-refractivity contribution is 5.65. The minimum atomic E-state index is -4.24. The van der Waals surface area contributed by atoms with E-state index in [-0.39, 0.29) is 17.0 Å². The summed E-state index contributed by atoms with van der Waals surface area (Å²) in [6.45, 7) is 3.23. The van der Waals surface area contributed by atoms with Crippen LogP contribution in [0.15, 0.2) is 60.9 Å². The number of benzene rings is 3. The molecule has 232 valence electrons. The van der Waals surface area contributed by atoms with Gasteiger partial charge in [0, 0.05) is 41.1 Å². The maximum Gasteiger partial charge on any atom is 0.429 e. The average Bonchev–Trinajstić information content (AvgIpc) is 3.00. The molecule has 0 spiro atoms. The van der Waals surface area contributed by atoms with E-state index in [4.69, 9.17) is 9.47 Å². The molecule has 44 heavy (non-hydrogen) atoms. The van der Waals surface area contributed by atoms with Gasteiger partial charge >= 0.3 is 6.11 Å². The van der Waals surface area contributed by atoms with Gasteiger partial charge in [-0.2, -0.15) is 8.78 Å². The van der Waals surface area contributed by atoms with Crippen molar-refractivity contribution in [3.8, 4) is 28.3 Å². The molecule has 1 aromatic heterocycles. The first kappa shape index (κ1) is 31.4. The van der Waals surface area contributed by atoms with E-state index in [0.717, 1.165) is 49.9 Å². The first-order valence-electron chi connectivity index (χ1n) is 13.9. The van der Waals surface area contributed by atoms with Crippen LogP contribution >= 0.6 is 0 Å². The number of rotatable bonds is 10. The Kier molecular flexibility index (Phi) is 9.50. The fourth-order valence-electron chi connectivity index (χ4n) is 4.79. The van der Waals surface area contributed by atoms with Gasteiger partial charge in [-0.15, -0.1) is 0 Å². The van der Waals surface area contributed by atoms with Gasteiger partial charge in [-0.25, -0.2) is 31.9 Å². The number of hydrogen-bond donors (Lipinski definition) is 0. The Morgan fingerprint density at radius 1 is 0.795 bits per heavy atom. The Balaban J connectivity index is 1.25. The van der Waals surface area contributed by atoms with Gasteiger partial charge in [0.1, 0.15) is 17.4 Å². The van der Waals surface area contributed by atoms with Crippen LogP contribution in [0.2, 0.25) is 0 Å². The maximum atomic E-state index is 14.9. The van der Waals surface area contributed by atoms with Crippen LogP contribution in [-0.4, -0.2) is 23.2 Å². The second kappa shape index (κ2) is 13.3. The van der Waals surface area contributed by atoms with Crippen LogP contribution in [0.4, 0.5) is 30.7 Å². The molecule has 5 rings (SSSR count). The smallest absolute Gasteiger partial charge is 0.429 e. The summed E-state index contributed by atoms with van der Waals surface area (Å²) < 4.78 is 116. The zero-order chi connectivity index (χ0) is 31.4. The third-order valence-corrected chi connectivity index (χ3v) is 7.15. The molecule has 0 unspecified atom stereocenters. The monoisotopic (exact) mass is 620 g/mol. The normalized spacial score (nSPS) is 17.1. The molecule has 5 nitrogen and oxygen atoms in total. The largest absolute Gasteiger partial charge is 0.429 e. The predicted octanol–water partition coefficient (Wildman–Crippen LogP) is 8.88. The molecule has 1 saturated heterocycles. The van der Waals surface area contributed by atoms with E-state index in [1.165, 1.54) is 18.5 Å². The SMILES string of the molecule is CCCCCC1COC(c2cnc(-c3ccc(C(F)(F)Oc4ccc(-c5cc(F)c(F)c(F)c5)c(F)c4)c(F)c3)nc2)OC1. The second-order valence-electron chi connectivity index (χ2n) is 10.4. The van der Waals surface area contributed by atoms with Crippen molar-refractivity contribution in [3.05, 3.63) is 101 Å². The molecule has 12 heteroatoms. The van der Waals surface area contributed by atoms with E-state index in [1.54, 1.807) is 0 Å². The van der Waals surface area contributed by atoms with Crippen molar-refractivity contribution < 1.29 is 44.9 Å². The number of nitrogens with zero attached hydrogens (tertiary/aromatic N) is 2. The zero-order valence-electron chi connectivity index (χ0n) is 23.4. The summed E-state index contributed by atoms with van der Waals surface area (Å²) in [4.78, 5) is 8.39. The van der Waals surface area contributed by atoms with Crippen molar-refractivity contribution in [3.63, 3.8) is 0 Å². The number of aromatic nitrogens is 2. The van der Waals surface area contributed by atoms with Gasteiger partial charge < -0.3 is 14.2 Å². The third kappa shape index (κ3) is 7.02. The van der Waals surface area contributed by atoms with Gasteiger partial charge in [0.2, 0.25) is 0 Å². The third-order valence-electron chi connectivity index (χ3n) is 7.15.